The average Bonchev–Trinajstić information content (AvgIpc) is 2.19. The van der Waals surface area contributed by atoms with Crippen LogP contribution in [0.3, 0.4) is 0 Å². The summed E-state index contributed by atoms with van der Waals surface area (Å²) in [6, 6.07) is 1.82. The summed E-state index contributed by atoms with van der Waals surface area (Å²) in [5, 5.41) is 9.69. The van der Waals surface area contributed by atoms with Crippen molar-refractivity contribution in [2.75, 3.05) is 5.32 Å². The highest BCUT2D eigenvalue weighted by atomic mass is 16.1. The minimum Gasteiger partial charge on any atom is -0.321 e. The average molecular weight is 203 g/mol. The van der Waals surface area contributed by atoms with Gasteiger partial charge in [0.2, 0.25) is 0 Å². The lowest BCUT2D eigenvalue weighted by Crippen LogP contribution is -2.15. The number of amides is 1. The normalized spacial score (nSPS) is 10.9. The van der Waals surface area contributed by atoms with Gasteiger partial charge in [-0.05, 0) is 25.5 Å². The van der Waals surface area contributed by atoms with Crippen LogP contribution in [0, 0.1) is 12.3 Å². The molecular formula is C11H13N3O. The zero-order valence-corrected chi connectivity index (χ0v) is 8.74. The molecule has 4 heteroatoms. The van der Waals surface area contributed by atoms with Crippen molar-refractivity contribution >= 4 is 17.8 Å². The molecule has 78 valence electrons. The van der Waals surface area contributed by atoms with Gasteiger partial charge >= 0.3 is 0 Å². The summed E-state index contributed by atoms with van der Waals surface area (Å²) >= 11 is 0. The number of hydrogen-bond donors (Lipinski definition) is 2. The van der Waals surface area contributed by atoms with E-state index in [9.17, 15) is 4.79 Å². The Morgan fingerprint density at radius 1 is 1.53 bits per heavy atom. The third kappa shape index (κ3) is 3.02. The zero-order valence-electron chi connectivity index (χ0n) is 8.74. The van der Waals surface area contributed by atoms with Gasteiger partial charge in [-0.3, -0.25) is 9.78 Å². The Morgan fingerprint density at radius 2 is 2.27 bits per heavy atom. The summed E-state index contributed by atoms with van der Waals surface area (Å²) in [5.41, 5.74) is 1.95. The van der Waals surface area contributed by atoms with Crippen LogP contribution < -0.4 is 5.32 Å². The van der Waals surface area contributed by atoms with Gasteiger partial charge in [0.05, 0.1) is 17.5 Å². The number of nitrogens with zero attached hydrogens (tertiary/aromatic N) is 1. The van der Waals surface area contributed by atoms with Gasteiger partial charge in [0.25, 0.3) is 5.91 Å². The first-order chi connectivity index (χ1) is 7.17. The van der Waals surface area contributed by atoms with E-state index < -0.39 is 0 Å². The Bertz CT molecular complexity index is 410. The molecule has 1 aromatic heterocycles. The quantitative estimate of drug-likeness (QED) is 0.582. The predicted octanol–water partition coefficient (Wildman–Crippen LogP) is 1.92. The highest BCUT2D eigenvalue weighted by Crippen LogP contribution is 2.08. The molecule has 2 N–H and O–H groups in total. The van der Waals surface area contributed by atoms with E-state index in [-0.39, 0.29) is 5.91 Å². The van der Waals surface area contributed by atoms with E-state index in [0.717, 1.165) is 11.8 Å². The number of rotatable bonds is 3. The molecule has 4 nitrogen and oxygen atoms in total. The Labute approximate surface area is 88.5 Å². The first-order valence-corrected chi connectivity index (χ1v) is 4.57. The fraction of sp³-hybridized carbons (Fsp3) is 0.182. The lowest BCUT2D eigenvalue weighted by Gasteiger charge is -2.04. The topological polar surface area (TPSA) is 65.8 Å². The summed E-state index contributed by atoms with van der Waals surface area (Å²) in [4.78, 5) is 15.5. The molecule has 0 bridgehead atoms. The van der Waals surface area contributed by atoms with Crippen molar-refractivity contribution in [2.45, 2.75) is 13.8 Å². The molecule has 0 saturated carbocycles. The maximum Gasteiger partial charge on any atom is 0.256 e. The van der Waals surface area contributed by atoms with Crippen LogP contribution >= 0.6 is 0 Å². The number of pyridine rings is 1. The van der Waals surface area contributed by atoms with Crippen molar-refractivity contribution in [3.8, 4) is 0 Å². The largest absolute Gasteiger partial charge is 0.321 e. The van der Waals surface area contributed by atoms with Gasteiger partial charge in [0, 0.05) is 12.4 Å². The van der Waals surface area contributed by atoms with Crippen LogP contribution in [-0.4, -0.2) is 17.1 Å². The Balaban J connectivity index is 2.79. The third-order valence-electron chi connectivity index (χ3n) is 1.86. The molecule has 1 aromatic rings. The van der Waals surface area contributed by atoms with E-state index in [1.165, 1.54) is 0 Å². The summed E-state index contributed by atoms with van der Waals surface area (Å²) < 4.78 is 0. The molecule has 0 aliphatic rings. The van der Waals surface area contributed by atoms with Crippen molar-refractivity contribution in [3.05, 3.63) is 35.7 Å². The minimum atomic E-state index is -0.292. The van der Waals surface area contributed by atoms with E-state index in [1.54, 1.807) is 25.4 Å². The number of allylic oxidation sites excluding steroid dienone is 1. The van der Waals surface area contributed by atoms with Crippen LogP contribution in [0.5, 0.6) is 0 Å². The fourth-order valence-corrected chi connectivity index (χ4v) is 1.11. The number of aryl methyl sites for hydroxylation is 1. The molecular weight excluding hydrogens is 190 g/mol. The van der Waals surface area contributed by atoms with Gasteiger partial charge in [0.15, 0.2) is 0 Å². The second-order valence-corrected chi connectivity index (χ2v) is 3.09. The van der Waals surface area contributed by atoms with Gasteiger partial charge in [-0.2, -0.15) is 0 Å². The second kappa shape index (κ2) is 5.05. The highest BCUT2D eigenvalue weighted by molar-refractivity contribution is 6.16. The maximum absolute atomic E-state index is 11.5. The first kappa shape index (κ1) is 11.1. The predicted molar refractivity (Wildman–Crippen MR) is 60.1 cm³/mol. The molecule has 0 saturated heterocycles. The Hall–Kier alpha value is -1.97. The smallest absolute Gasteiger partial charge is 0.256 e. The monoisotopic (exact) mass is 203 g/mol. The van der Waals surface area contributed by atoms with Crippen LogP contribution in [0.1, 0.15) is 12.5 Å². The molecule has 0 fully saturated rings. The molecule has 1 amide bonds. The van der Waals surface area contributed by atoms with E-state index in [4.69, 9.17) is 5.41 Å². The first-order valence-electron chi connectivity index (χ1n) is 4.57. The van der Waals surface area contributed by atoms with E-state index in [1.807, 2.05) is 13.0 Å². The number of nitrogens with one attached hydrogen (secondary N) is 2. The second-order valence-electron chi connectivity index (χ2n) is 3.09. The molecule has 0 radical (unpaired) electrons. The molecule has 0 aromatic carbocycles. The van der Waals surface area contributed by atoms with Crippen molar-refractivity contribution in [1.82, 2.24) is 4.98 Å². The van der Waals surface area contributed by atoms with Crippen LogP contribution in [0.2, 0.25) is 0 Å². The van der Waals surface area contributed by atoms with Gasteiger partial charge in [0.1, 0.15) is 0 Å². The lowest BCUT2D eigenvalue weighted by atomic mass is 10.2. The molecule has 0 atom stereocenters. The summed E-state index contributed by atoms with van der Waals surface area (Å²) in [6.07, 6.45) is 5.90. The summed E-state index contributed by atoms with van der Waals surface area (Å²) in [5.74, 6) is -0.292. The van der Waals surface area contributed by atoms with Crippen LogP contribution in [-0.2, 0) is 4.79 Å². The number of hydrogen-bond acceptors (Lipinski definition) is 3. The van der Waals surface area contributed by atoms with Gasteiger partial charge in [-0.25, -0.2) is 0 Å². The zero-order chi connectivity index (χ0) is 11.3. The highest BCUT2D eigenvalue weighted by Gasteiger charge is 2.05. The number of carbonyl (C=O) groups excluding carboxylic acids is 1. The standard InChI is InChI=1S/C11H13N3O/c1-3-9(5-12)11(15)14-10-4-8(2)6-13-7-10/h3-7,12H,1-2H3,(H,14,15)/b9-3+,12-5?. The SMILES string of the molecule is C/C=C(\C=N)C(=O)Nc1cncc(C)c1. The van der Waals surface area contributed by atoms with Gasteiger partial charge in [-0.15, -0.1) is 0 Å². The number of aromatic nitrogens is 1. The Kier molecular flexibility index (Phi) is 3.74. The molecule has 0 aliphatic carbocycles. The molecule has 0 spiro atoms. The minimum absolute atomic E-state index is 0.292. The molecule has 15 heavy (non-hydrogen) atoms. The van der Waals surface area contributed by atoms with Crippen LogP contribution in [0.4, 0.5) is 5.69 Å². The summed E-state index contributed by atoms with van der Waals surface area (Å²) in [6.45, 7) is 3.62. The van der Waals surface area contributed by atoms with E-state index in [0.29, 0.717) is 11.3 Å². The molecule has 0 unspecified atom stereocenters. The van der Waals surface area contributed by atoms with E-state index >= 15 is 0 Å². The van der Waals surface area contributed by atoms with Crippen LogP contribution in [0.25, 0.3) is 0 Å². The fourth-order valence-electron chi connectivity index (χ4n) is 1.11. The number of carbonyl (C=O) groups is 1. The lowest BCUT2D eigenvalue weighted by molar-refractivity contribution is -0.112. The Morgan fingerprint density at radius 3 is 2.80 bits per heavy atom. The van der Waals surface area contributed by atoms with Crippen molar-refractivity contribution < 1.29 is 4.79 Å². The molecule has 1 rings (SSSR count). The van der Waals surface area contributed by atoms with Crippen molar-refractivity contribution in [2.24, 2.45) is 0 Å². The maximum atomic E-state index is 11.5. The van der Waals surface area contributed by atoms with Gasteiger partial charge in [-0.1, -0.05) is 6.08 Å². The van der Waals surface area contributed by atoms with E-state index in [2.05, 4.69) is 10.3 Å². The van der Waals surface area contributed by atoms with Crippen molar-refractivity contribution in [3.63, 3.8) is 0 Å². The van der Waals surface area contributed by atoms with Crippen LogP contribution in [0.15, 0.2) is 30.1 Å². The molecule has 0 aliphatic heterocycles. The van der Waals surface area contributed by atoms with Crippen molar-refractivity contribution in [1.29, 1.82) is 5.41 Å². The summed E-state index contributed by atoms with van der Waals surface area (Å²) in [7, 11) is 0. The number of anilines is 1. The van der Waals surface area contributed by atoms with Gasteiger partial charge < -0.3 is 10.7 Å². The molecule has 1 heterocycles. The third-order valence-corrected chi connectivity index (χ3v) is 1.86.